The molecule has 1 aliphatic carbocycles. The third-order valence-corrected chi connectivity index (χ3v) is 3.91. The van der Waals surface area contributed by atoms with Crippen molar-refractivity contribution < 1.29 is 0 Å². The van der Waals surface area contributed by atoms with Crippen molar-refractivity contribution >= 4 is 0 Å². The van der Waals surface area contributed by atoms with E-state index in [-0.39, 0.29) is 0 Å². The molecule has 88 valence electrons. The Bertz CT molecular complexity index is 365. The molecule has 0 aromatic carbocycles. The first kappa shape index (κ1) is 10.3. The van der Waals surface area contributed by atoms with Crippen LogP contribution in [-0.4, -0.2) is 23.1 Å². The van der Waals surface area contributed by atoms with Gasteiger partial charge in [-0.15, -0.1) is 0 Å². The number of fused-ring (bicyclic) bond motifs is 1. The van der Waals surface area contributed by atoms with Crippen LogP contribution in [0.5, 0.6) is 0 Å². The summed E-state index contributed by atoms with van der Waals surface area (Å²) in [5, 5.41) is 3.27. The molecule has 1 aromatic rings. The van der Waals surface area contributed by atoms with Crippen LogP contribution in [0.25, 0.3) is 0 Å². The van der Waals surface area contributed by atoms with Crippen molar-refractivity contribution in [2.24, 2.45) is 0 Å². The Morgan fingerprint density at radius 1 is 1.44 bits per heavy atom. The van der Waals surface area contributed by atoms with Gasteiger partial charge < -0.3 is 9.88 Å². The van der Waals surface area contributed by atoms with Gasteiger partial charge in [-0.05, 0) is 52.1 Å². The molecule has 0 bridgehead atoms. The highest BCUT2D eigenvalue weighted by atomic mass is 15.1. The van der Waals surface area contributed by atoms with Gasteiger partial charge in [-0.3, -0.25) is 0 Å². The van der Waals surface area contributed by atoms with Gasteiger partial charge in [0.15, 0.2) is 0 Å². The zero-order chi connectivity index (χ0) is 11.0. The fraction of sp³-hybridized carbons (Fsp3) is 0.769. The number of imidazole rings is 1. The molecule has 3 rings (SSSR count). The number of nitrogens with one attached hydrogen (secondary N) is 1. The van der Waals surface area contributed by atoms with Crippen LogP contribution < -0.4 is 5.32 Å². The fourth-order valence-corrected chi connectivity index (χ4v) is 2.89. The van der Waals surface area contributed by atoms with Gasteiger partial charge in [0, 0.05) is 23.9 Å². The van der Waals surface area contributed by atoms with Crippen molar-refractivity contribution in [3.63, 3.8) is 0 Å². The highest BCUT2D eigenvalue weighted by molar-refractivity contribution is 5.17. The first-order valence-electron chi connectivity index (χ1n) is 6.60. The van der Waals surface area contributed by atoms with Crippen molar-refractivity contribution in [2.45, 2.75) is 50.5 Å². The largest absolute Gasteiger partial charge is 0.329 e. The number of hydrogen-bond donors (Lipinski definition) is 1. The van der Waals surface area contributed by atoms with E-state index in [4.69, 9.17) is 0 Å². The molecule has 0 amide bonds. The Balaban J connectivity index is 1.86. The summed E-state index contributed by atoms with van der Waals surface area (Å²) < 4.78 is 2.57. The van der Waals surface area contributed by atoms with Crippen LogP contribution in [0.4, 0.5) is 0 Å². The summed E-state index contributed by atoms with van der Waals surface area (Å²) in [5.41, 5.74) is 1.48. The molecule has 1 saturated carbocycles. The van der Waals surface area contributed by atoms with Gasteiger partial charge in [0.25, 0.3) is 0 Å². The van der Waals surface area contributed by atoms with Crippen molar-refractivity contribution in [3.05, 3.63) is 17.7 Å². The second-order valence-electron chi connectivity index (χ2n) is 5.19. The summed E-state index contributed by atoms with van der Waals surface area (Å²) >= 11 is 0. The lowest BCUT2D eigenvalue weighted by atomic mass is 10.00. The second-order valence-corrected chi connectivity index (χ2v) is 5.19. The molecule has 2 heterocycles. The molecule has 1 unspecified atom stereocenters. The number of nitrogens with zero attached hydrogens (tertiary/aromatic N) is 2. The average Bonchev–Trinajstić information content (AvgIpc) is 3.06. The van der Waals surface area contributed by atoms with Crippen molar-refractivity contribution in [2.75, 3.05) is 13.6 Å². The standard InChI is InChI=1S/C13H21N3/c1-14-8-7-11-3-2-4-12-9-15-13(16(11)12)10-5-6-10/h9-11,14H,2-8H2,1H3. The van der Waals surface area contributed by atoms with Crippen LogP contribution in [0.1, 0.15) is 55.6 Å². The summed E-state index contributed by atoms with van der Waals surface area (Å²) in [6, 6.07) is 0.703. The van der Waals surface area contributed by atoms with Crippen molar-refractivity contribution in [1.29, 1.82) is 0 Å². The third kappa shape index (κ3) is 1.77. The Morgan fingerprint density at radius 3 is 3.06 bits per heavy atom. The van der Waals surface area contributed by atoms with Crippen LogP contribution in [0.3, 0.4) is 0 Å². The monoisotopic (exact) mass is 219 g/mol. The molecule has 3 heteroatoms. The maximum absolute atomic E-state index is 4.66. The smallest absolute Gasteiger partial charge is 0.112 e. The predicted octanol–water partition coefficient (Wildman–Crippen LogP) is 2.25. The molecule has 1 aliphatic heterocycles. The summed E-state index contributed by atoms with van der Waals surface area (Å²) in [5.74, 6) is 2.17. The van der Waals surface area contributed by atoms with E-state index in [9.17, 15) is 0 Å². The van der Waals surface area contributed by atoms with E-state index in [1.165, 1.54) is 50.0 Å². The molecule has 0 saturated heterocycles. The lowest BCUT2D eigenvalue weighted by Gasteiger charge is -2.27. The zero-order valence-electron chi connectivity index (χ0n) is 10.1. The van der Waals surface area contributed by atoms with Crippen molar-refractivity contribution in [3.8, 4) is 0 Å². The van der Waals surface area contributed by atoms with E-state index in [0.717, 1.165) is 12.5 Å². The van der Waals surface area contributed by atoms with Crippen LogP contribution in [-0.2, 0) is 6.42 Å². The van der Waals surface area contributed by atoms with Crippen LogP contribution in [0, 0.1) is 0 Å². The molecule has 16 heavy (non-hydrogen) atoms. The Labute approximate surface area is 97.3 Å². The van der Waals surface area contributed by atoms with Gasteiger partial charge in [-0.2, -0.15) is 0 Å². The van der Waals surface area contributed by atoms with E-state index in [2.05, 4.69) is 21.1 Å². The highest BCUT2D eigenvalue weighted by Crippen LogP contribution is 2.42. The predicted molar refractivity (Wildman–Crippen MR) is 64.7 cm³/mol. The molecular formula is C13H21N3. The molecule has 2 aliphatic rings. The van der Waals surface area contributed by atoms with Gasteiger partial charge in [0.2, 0.25) is 0 Å². The number of aryl methyl sites for hydroxylation is 1. The van der Waals surface area contributed by atoms with Gasteiger partial charge >= 0.3 is 0 Å². The molecule has 1 atom stereocenters. The third-order valence-electron chi connectivity index (χ3n) is 3.91. The fourth-order valence-electron chi connectivity index (χ4n) is 2.89. The Hall–Kier alpha value is -0.830. The Kier molecular flexibility index (Phi) is 2.72. The summed E-state index contributed by atoms with van der Waals surface area (Å²) in [7, 11) is 2.04. The normalized spacial score (nSPS) is 24.4. The van der Waals surface area contributed by atoms with Gasteiger partial charge in [0.05, 0.1) is 0 Å². The minimum atomic E-state index is 0.703. The van der Waals surface area contributed by atoms with E-state index in [1.54, 1.807) is 0 Å². The molecular weight excluding hydrogens is 198 g/mol. The average molecular weight is 219 g/mol. The summed E-state index contributed by atoms with van der Waals surface area (Å²) in [6.45, 7) is 1.12. The van der Waals surface area contributed by atoms with Gasteiger partial charge in [0.1, 0.15) is 5.82 Å². The summed E-state index contributed by atoms with van der Waals surface area (Å²) in [6.07, 6.45) is 9.99. The highest BCUT2D eigenvalue weighted by Gasteiger charge is 2.32. The lowest BCUT2D eigenvalue weighted by molar-refractivity contribution is 0.366. The minimum absolute atomic E-state index is 0.703. The quantitative estimate of drug-likeness (QED) is 0.841. The zero-order valence-corrected chi connectivity index (χ0v) is 10.1. The molecule has 1 N–H and O–H groups in total. The first-order chi connectivity index (χ1) is 7.90. The molecule has 0 spiro atoms. The van der Waals surface area contributed by atoms with E-state index in [0.29, 0.717) is 6.04 Å². The lowest BCUT2D eigenvalue weighted by Crippen LogP contribution is -2.23. The molecule has 0 radical (unpaired) electrons. The molecule has 1 fully saturated rings. The topological polar surface area (TPSA) is 29.9 Å². The number of hydrogen-bond acceptors (Lipinski definition) is 2. The molecule has 1 aromatic heterocycles. The van der Waals surface area contributed by atoms with Crippen LogP contribution in [0.2, 0.25) is 0 Å². The SMILES string of the molecule is CNCCC1CCCc2cnc(C3CC3)n21. The molecule has 3 nitrogen and oxygen atoms in total. The maximum Gasteiger partial charge on any atom is 0.112 e. The number of aromatic nitrogens is 2. The minimum Gasteiger partial charge on any atom is -0.329 e. The van der Waals surface area contributed by atoms with E-state index in [1.807, 2.05) is 7.05 Å². The van der Waals surface area contributed by atoms with E-state index >= 15 is 0 Å². The first-order valence-corrected chi connectivity index (χ1v) is 6.60. The van der Waals surface area contributed by atoms with Crippen molar-refractivity contribution in [1.82, 2.24) is 14.9 Å². The Morgan fingerprint density at radius 2 is 2.31 bits per heavy atom. The maximum atomic E-state index is 4.66. The summed E-state index contributed by atoms with van der Waals surface area (Å²) in [4.78, 5) is 4.66. The van der Waals surface area contributed by atoms with Gasteiger partial charge in [-0.25, -0.2) is 4.98 Å². The van der Waals surface area contributed by atoms with Gasteiger partial charge in [-0.1, -0.05) is 0 Å². The second kappa shape index (κ2) is 4.21. The number of rotatable bonds is 4. The van der Waals surface area contributed by atoms with Crippen LogP contribution in [0.15, 0.2) is 6.20 Å². The van der Waals surface area contributed by atoms with E-state index < -0.39 is 0 Å². The van der Waals surface area contributed by atoms with Crippen LogP contribution >= 0.6 is 0 Å².